The highest BCUT2D eigenvalue weighted by Gasteiger charge is 2.30. The normalized spacial score (nSPS) is 25.8. The van der Waals surface area contributed by atoms with Crippen molar-refractivity contribution in [2.24, 2.45) is 0 Å². The summed E-state index contributed by atoms with van der Waals surface area (Å²) in [5, 5.41) is 22.8. The molecule has 25 heavy (non-hydrogen) atoms. The Morgan fingerprint density at radius 1 is 1.12 bits per heavy atom. The molecular weight excluding hydrogens is 320 g/mol. The molecule has 0 radical (unpaired) electrons. The van der Waals surface area contributed by atoms with E-state index >= 15 is 0 Å². The van der Waals surface area contributed by atoms with Crippen LogP contribution in [0.25, 0.3) is 0 Å². The first-order chi connectivity index (χ1) is 12.2. The van der Waals surface area contributed by atoms with Crippen molar-refractivity contribution >= 4 is 0 Å². The largest absolute Gasteiger partial charge is 0.356 e. The Morgan fingerprint density at radius 3 is 2.60 bits per heavy atom. The maximum Gasteiger partial charge on any atom is 0.216 e. The van der Waals surface area contributed by atoms with Crippen molar-refractivity contribution in [1.29, 1.82) is 0 Å². The highest BCUT2D eigenvalue weighted by Crippen LogP contribution is 2.28. The fourth-order valence-electron chi connectivity index (χ4n) is 4.02. The summed E-state index contributed by atoms with van der Waals surface area (Å²) in [7, 11) is 0. The van der Waals surface area contributed by atoms with Gasteiger partial charge < -0.3 is 14.7 Å². The van der Waals surface area contributed by atoms with Crippen LogP contribution in [0.5, 0.6) is 0 Å². The number of nitrogens with zero attached hydrogens (tertiary/aromatic N) is 6. The molecule has 142 valence electrons. The molecule has 2 unspecified atom stereocenters. The van der Waals surface area contributed by atoms with Gasteiger partial charge in [-0.25, -0.2) is 0 Å². The second-order valence-electron chi connectivity index (χ2n) is 7.05. The van der Waals surface area contributed by atoms with Crippen LogP contribution in [-0.2, 0) is 11.3 Å². The number of aliphatic hydroxyl groups excluding tert-OH is 1. The number of aliphatic hydroxyl groups is 1. The van der Waals surface area contributed by atoms with Crippen LogP contribution >= 0.6 is 0 Å². The maximum atomic E-state index is 10.0. The Labute approximate surface area is 150 Å². The molecule has 2 aliphatic rings. The van der Waals surface area contributed by atoms with E-state index in [2.05, 4.69) is 25.2 Å². The number of hydrogen-bond donors (Lipinski definition) is 1. The molecule has 2 aliphatic heterocycles. The van der Waals surface area contributed by atoms with Crippen molar-refractivity contribution in [3.63, 3.8) is 0 Å². The van der Waals surface area contributed by atoms with E-state index in [4.69, 9.17) is 4.74 Å². The van der Waals surface area contributed by atoms with E-state index in [1.807, 2.05) is 13.8 Å². The Kier molecular flexibility index (Phi) is 6.75. The van der Waals surface area contributed by atoms with Gasteiger partial charge in [0, 0.05) is 31.7 Å². The molecular formula is C17H32N6O2. The smallest absolute Gasteiger partial charge is 0.216 e. The zero-order chi connectivity index (χ0) is 17.6. The molecule has 0 bridgehead atoms. The summed E-state index contributed by atoms with van der Waals surface area (Å²) >= 11 is 0. The third-order valence-corrected chi connectivity index (χ3v) is 5.52. The van der Waals surface area contributed by atoms with Gasteiger partial charge in [0.25, 0.3) is 0 Å². The highest BCUT2D eigenvalue weighted by molar-refractivity contribution is 4.95. The second-order valence-corrected chi connectivity index (χ2v) is 7.05. The molecule has 0 amide bonds. The summed E-state index contributed by atoms with van der Waals surface area (Å²) in [6, 6.07) is 0.610. The van der Waals surface area contributed by atoms with E-state index in [0.717, 1.165) is 64.2 Å². The second kappa shape index (κ2) is 9.02. The van der Waals surface area contributed by atoms with Gasteiger partial charge in [-0.15, -0.1) is 10.2 Å². The van der Waals surface area contributed by atoms with Crippen LogP contribution in [0, 0.1) is 0 Å². The SMILES string of the molecule is CCOC(O)N1CCCC(N2CCC(c3nnn(CC)n3)CC2)CC1. The Bertz CT molecular complexity index is 517. The molecule has 0 aromatic carbocycles. The van der Waals surface area contributed by atoms with Gasteiger partial charge in [-0.3, -0.25) is 4.90 Å². The lowest BCUT2D eigenvalue weighted by Gasteiger charge is -2.36. The van der Waals surface area contributed by atoms with E-state index in [0.29, 0.717) is 18.6 Å². The van der Waals surface area contributed by atoms with E-state index in [9.17, 15) is 5.11 Å². The third-order valence-electron chi connectivity index (χ3n) is 5.52. The van der Waals surface area contributed by atoms with Gasteiger partial charge in [0.15, 0.2) is 5.82 Å². The first-order valence-electron chi connectivity index (χ1n) is 9.76. The van der Waals surface area contributed by atoms with Crippen LogP contribution in [0.4, 0.5) is 0 Å². The van der Waals surface area contributed by atoms with Gasteiger partial charge in [-0.2, -0.15) is 4.80 Å². The number of aromatic nitrogens is 4. The molecule has 0 saturated carbocycles. The van der Waals surface area contributed by atoms with Crippen LogP contribution in [0.1, 0.15) is 57.7 Å². The molecule has 1 aromatic rings. The first kappa shape index (κ1) is 18.7. The summed E-state index contributed by atoms with van der Waals surface area (Å²) < 4.78 is 5.34. The van der Waals surface area contributed by atoms with Crippen molar-refractivity contribution in [2.45, 2.75) is 70.9 Å². The fraction of sp³-hybridized carbons (Fsp3) is 0.941. The molecule has 2 saturated heterocycles. The van der Waals surface area contributed by atoms with E-state index in [1.165, 1.54) is 6.42 Å². The summed E-state index contributed by atoms with van der Waals surface area (Å²) in [4.78, 5) is 6.35. The molecule has 1 aromatic heterocycles. The fourth-order valence-corrected chi connectivity index (χ4v) is 4.02. The quantitative estimate of drug-likeness (QED) is 0.766. The minimum atomic E-state index is -0.748. The molecule has 8 heteroatoms. The minimum absolute atomic E-state index is 0.443. The standard InChI is InChI=1S/C17H32N6O2/c1-3-23-19-16(18-20-23)14-7-11-21(12-8-14)15-6-5-10-22(13-9-15)17(24)25-4-2/h14-15,17,24H,3-13H2,1-2H3. The number of tetrazole rings is 1. The van der Waals surface area contributed by atoms with Crippen molar-refractivity contribution in [3.8, 4) is 0 Å². The molecule has 3 rings (SSSR count). The number of ether oxygens (including phenoxy) is 1. The predicted molar refractivity (Wildman–Crippen MR) is 93.9 cm³/mol. The topological polar surface area (TPSA) is 79.5 Å². The number of rotatable bonds is 6. The van der Waals surface area contributed by atoms with Gasteiger partial charge in [0.2, 0.25) is 6.41 Å². The van der Waals surface area contributed by atoms with E-state index in [-0.39, 0.29) is 0 Å². The Morgan fingerprint density at radius 2 is 1.92 bits per heavy atom. The van der Waals surface area contributed by atoms with Crippen LogP contribution in [0.2, 0.25) is 0 Å². The third kappa shape index (κ3) is 4.75. The summed E-state index contributed by atoms with van der Waals surface area (Å²) in [6.07, 6.45) is 4.88. The maximum absolute atomic E-state index is 10.0. The van der Waals surface area contributed by atoms with Crippen molar-refractivity contribution in [3.05, 3.63) is 5.82 Å². The molecule has 0 spiro atoms. The van der Waals surface area contributed by atoms with Crippen molar-refractivity contribution in [2.75, 3.05) is 32.8 Å². The van der Waals surface area contributed by atoms with Gasteiger partial charge >= 0.3 is 0 Å². The first-order valence-corrected chi connectivity index (χ1v) is 9.76. The summed E-state index contributed by atoms with van der Waals surface area (Å²) in [5.74, 6) is 1.35. The molecule has 0 aliphatic carbocycles. The minimum Gasteiger partial charge on any atom is -0.356 e. The average molecular weight is 352 g/mol. The molecule has 8 nitrogen and oxygen atoms in total. The average Bonchev–Trinajstić information content (AvgIpc) is 2.99. The number of piperidine rings is 1. The summed E-state index contributed by atoms with van der Waals surface area (Å²) in [5.41, 5.74) is 0. The number of hydrogen-bond acceptors (Lipinski definition) is 7. The van der Waals surface area contributed by atoms with Gasteiger partial charge in [-0.05, 0) is 64.3 Å². The zero-order valence-electron chi connectivity index (χ0n) is 15.5. The Balaban J connectivity index is 1.47. The van der Waals surface area contributed by atoms with Crippen LogP contribution in [0.3, 0.4) is 0 Å². The van der Waals surface area contributed by atoms with E-state index < -0.39 is 6.41 Å². The monoisotopic (exact) mass is 352 g/mol. The molecule has 2 fully saturated rings. The molecule has 3 heterocycles. The van der Waals surface area contributed by atoms with Crippen LogP contribution in [0.15, 0.2) is 0 Å². The molecule has 1 N–H and O–H groups in total. The number of likely N-dealkylation sites (tertiary alicyclic amines) is 2. The lowest BCUT2D eigenvalue weighted by Crippen LogP contribution is -2.42. The van der Waals surface area contributed by atoms with Crippen molar-refractivity contribution < 1.29 is 9.84 Å². The zero-order valence-corrected chi connectivity index (χ0v) is 15.5. The molecule has 2 atom stereocenters. The number of aryl methyl sites for hydroxylation is 1. The predicted octanol–water partition coefficient (Wildman–Crippen LogP) is 1.04. The lowest BCUT2D eigenvalue weighted by atomic mass is 9.94. The Hall–Kier alpha value is -1.09. The highest BCUT2D eigenvalue weighted by atomic mass is 16.6. The lowest BCUT2D eigenvalue weighted by molar-refractivity contribution is -0.189. The van der Waals surface area contributed by atoms with Crippen molar-refractivity contribution in [1.82, 2.24) is 30.0 Å². The van der Waals surface area contributed by atoms with Crippen LogP contribution in [-0.4, -0.2) is 80.4 Å². The van der Waals surface area contributed by atoms with Gasteiger partial charge in [0.05, 0.1) is 6.54 Å². The van der Waals surface area contributed by atoms with E-state index in [1.54, 1.807) is 4.80 Å². The van der Waals surface area contributed by atoms with Gasteiger partial charge in [-0.1, -0.05) is 0 Å². The summed E-state index contributed by atoms with van der Waals surface area (Å²) in [6.45, 7) is 9.29. The van der Waals surface area contributed by atoms with Crippen LogP contribution < -0.4 is 0 Å². The van der Waals surface area contributed by atoms with Gasteiger partial charge in [0.1, 0.15) is 0 Å².